The van der Waals surface area contributed by atoms with Crippen molar-refractivity contribution in [2.24, 2.45) is 0 Å². The lowest BCUT2D eigenvalue weighted by atomic mass is 10.1. The SMILES string of the molecule is O=C(c1cc(F)c(O)c(F)c1)N1CS(=O)(=O)c2ccccc21. The summed E-state index contributed by atoms with van der Waals surface area (Å²) in [5.41, 5.74) is -0.235. The molecule has 0 fully saturated rings. The quantitative estimate of drug-likeness (QED) is 0.871. The zero-order chi connectivity index (χ0) is 16.1. The Hall–Kier alpha value is -2.48. The van der Waals surface area contributed by atoms with Crippen molar-refractivity contribution in [2.45, 2.75) is 4.90 Å². The minimum absolute atomic E-state index is 0.0110. The lowest BCUT2D eigenvalue weighted by Gasteiger charge is -2.16. The van der Waals surface area contributed by atoms with Crippen LogP contribution < -0.4 is 4.90 Å². The lowest BCUT2D eigenvalue weighted by Crippen LogP contribution is -2.30. The maximum Gasteiger partial charge on any atom is 0.259 e. The maximum absolute atomic E-state index is 13.4. The van der Waals surface area contributed by atoms with Gasteiger partial charge in [-0.1, -0.05) is 12.1 Å². The van der Waals surface area contributed by atoms with Gasteiger partial charge in [0.25, 0.3) is 5.91 Å². The number of aromatic hydroxyl groups is 1. The van der Waals surface area contributed by atoms with Gasteiger partial charge in [-0.25, -0.2) is 17.2 Å². The number of carbonyl (C=O) groups is 1. The van der Waals surface area contributed by atoms with E-state index in [2.05, 4.69) is 0 Å². The third-order valence-electron chi connectivity index (χ3n) is 3.30. The summed E-state index contributed by atoms with van der Waals surface area (Å²) in [6, 6.07) is 7.19. The highest BCUT2D eigenvalue weighted by Crippen LogP contribution is 2.35. The van der Waals surface area contributed by atoms with E-state index in [1.807, 2.05) is 0 Å². The highest BCUT2D eigenvalue weighted by atomic mass is 32.2. The minimum Gasteiger partial charge on any atom is -0.503 e. The van der Waals surface area contributed by atoms with Crippen LogP contribution in [0, 0.1) is 11.6 Å². The first-order valence-electron chi connectivity index (χ1n) is 6.13. The molecule has 0 spiro atoms. The third kappa shape index (κ3) is 2.12. The summed E-state index contributed by atoms with van der Waals surface area (Å²) in [7, 11) is -3.67. The number of amides is 1. The van der Waals surface area contributed by atoms with Crippen LogP contribution in [0.5, 0.6) is 5.75 Å². The minimum atomic E-state index is -3.67. The molecule has 0 atom stereocenters. The topological polar surface area (TPSA) is 74.7 Å². The van der Waals surface area contributed by atoms with Gasteiger partial charge in [0.1, 0.15) is 5.88 Å². The summed E-state index contributed by atoms with van der Waals surface area (Å²) in [4.78, 5) is 13.3. The summed E-state index contributed by atoms with van der Waals surface area (Å²) in [5.74, 6) is -5.25. The van der Waals surface area contributed by atoms with Gasteiger partial charge in [0.15, 0.2) is 27.2 Å². The van der Waals surface area contributed by atoms with Crippen LogP contribution in [0.2, 0.25) is 0 Å². The predicted octanol–water partition coefficient (Wildman–Crippen LogP) is 2.06. The van der Waals surface area contributed by atoms with Crippen molar-refractivity contribution in [3.63, 3.8) is 0 Å². The van der Waals surface area contributed by atoms with Gasteiger partial charge in [0.2, 0.25) is 0 Å². The van der Waals surface area contributed by atoms with Crippen molar-refractivity contribution in [1.82, 2.24) is 0 Å². The molecule has 0 saturated heterocycles. The Labute approximate surface area is 124 Å². The van der Waals surface area contributed by atoms with E-state index in [0.29, 0.717) is 12.1 Å². The van der Waals surface area contributed by atoms with Crippen molar-refractivity contribution in [3.05, 3.63) is 53.6 Å². The number of rotatable bonds is 1. The van der Waals surface area contributed by atoms with Crippen molar-refractivity contribution in [1.29, 1.82) is 0 Å². The Morgan fingerprint density at radius 1 is 1.14 bits per heavy atom. The van der Waals surface area contributed by atoms with Gasteiger partial charge in [-0.05, 0) is 24.3 Å². The van der Waals surface area contributed by atoms with E-state index in [0.717, 1.165) is 4.90 Å². The van der Waals surface area contributed by atoms with Crippen LogP contribution in [0.3, 0.4) is 0 Å². The molecule has 1 aliphatic heterocycles. The number of phenolic OH excluding ortho intramolecular Hbond substituents is 1. The Morgan fingerprint density at radius 3 is 2.36 bits per heavy atom. The van der Waals surface area contributed by atoms with Crippen LogP contribution in [-0.2, 0) is 9.84 Å². The van der Waals surface area contributed by atoms with Crippen molar-refractivity contribution in [2.75, 3.05) is 10.8 Å². The molecule has 0 saturated carbocycles. The van der Waals surface area contributed by atoms with Gasteiger partial charge in [0.05, 0.1) is 10.6 Å². The molecule has 3 rings (SSSR count). The molecule has 0 bridgehead atoms. The Bertz CT molecular complexity index is 872. The number of benzene rings is 2. The van der Waals surface area contributed by atoms with Gasteiger partial charge in [-0.15, -0.1) is 0 Å². The Morgan fingerprint density at radius 2 is 1.73 bits per heavy atom. The number of fused-ring (bicyclic) bond motifs is 1. The van der Waals surface area contributed by atoms with Crippen LogP contribution in [-0.4, -0.2) is 25.3 Å². The molecule has 8 heteroatoms. The molecule has 1 aliphatic rings. The van der Waals surface area contributed by atoms with E-state index in [4.69, 9.17) is 5.11 Å². The van der Waals surface area contributed by atoms with Gasteiger partial charge in [-0.2, -0.15) is 0 Å². The maximum atomic E-state index is 13.4. The number of anilines is 1. The van der Waals surface area contributed by atoms with Gasteiger partial charge >= 0.3 is 0 Å². The van der Waals surface area contributed by atoms with E-state index in [1.165, 1.54) is 18.2 Å². The molecule has 2 aromatic carbocycles. The van der Waals surface area contributed by atoms with E-state index in [9.17, 15) is 22.0 Å². The van der Waals surface area contributed by atoms with Crippen LogP contribution >= 0.6 is 0 Å². The molecule has 22 heavy (non-hydrogen) atoms. The number of halogens is 2. The zero-order valence-electron chi connectivity index (χ0n) is 11.0. The molecule has 1 N–H and O–H groups in total. The first-order valence-corrected chi connectivity index (χ1v) is 7.78. The lowest BCUT2D eigenvalue weighted by molar-refractivity contribution is 0.0990. The highest BCUT2D eigenvalue weighted by Gasteiger charge is 2.36. The van der Waals surface area contributed by atoms with Crippen LogP contribution in [0.1, 0.15) is 10.4 Å². The van der Waals surface area contributed by atoms with Gasteiger partial charge < -0.3 is 5.11 Å². The number of hydrogen-bond acceptors (Lipinski definition) is 4. The van der Waals surface area contributed by atoms with Crippen molar-refractivity contribution >= 4 is 21.4 Å². The molecular formula is C14H9F2NO4S. The molecule has 0 unspecified atom stereocenters. The van der Waals surface area contributed by atoms with Gasteiger partial charge in [0, 0.05) is 5.56 Å². The second kappa shape index (κ2) is 4.77. The Balaban J connectivity index is 2.08. The summed E-state index contributed by atoms with van der Waals surface area (Å²) < 4.78 is 50.7. The summed E-state index contributed by atoms with van der Waals surface area (Å²) in [5, 5.41) is 9.05. The standard InChI is InChI=1S/C14H9F2NO4S/c15-9-5-8(6-10(16)13(9)18)14(19)17-7-22(20,21)12-4-2-1-3-11(12)17/h1-6,18H,7H2. The van der Waals surface area contributed by atoms with Crippen LogP contribution in [0.25, 0.3) is 0 Å². The first-order chi connectivity index (χ1) is 10.3. The Kier molecular flexibility index (Phi) is 3.13. The summed E-state index contributed by atoms with van der Waals surface area (Å²) in [6.07, 6.45) is 0. The van der Waals surface area contributed by atoms with E-state index >= 15 is 0 Å². The largest absolute Gasteiger partial charge is 0.503 e. The van der Waals surface area contributed by atoms with E-state index in [-0.39, 0.29) is 16.1 Å². The molecule has 5 nitrogen and oxygen atoms in total. The molecule has 1 amide bonds. The average Bonchev–Trinajstić information content (AvgIpc) is 2.76. The average molecular weight is 325 g/mol. The fourth-order valence-electron chi connectivity index (χ4n) is 2.27. The van der Waals surface area contributed by atoms with E-state index < -0.39 is 39.0 Å². The fourth-order valence-corrected chi connectivity index (χ4v) is 3.78. The van der Waals surface area contributed by atoms with Crippen LogP contribution in [0.15, 0.2) is 41.3 Å². The van der Waals surface area contributed by atoms with E-state index in [1.54, 1.807) is 6.07 Å². The number of phenols is 1. The fraction of sp³-hybridized carbons (Fsp3) is 0.0714. The number of carbonyl (C=O) groups excluding carboxylic acids is 1. The smallest absolute Gasteiger partial charge is 0.259 e. The second-order valence-electron chi connectivity index (χ2n) is 4.73. The summed E-state index contributed by atoms with van der Waals surface area (Å²) in [6.45, 7) is 0. The molecule has 0 radical (unpaired) electrons. The predicted molar refractivity (Wildman–Crippen MR) is 73.3 cm³/mol. The summed E-state index contributed by atoms with van der Waals surface area (Å²) >= 11 is 0. The molecule has 114 valence electrons. The third-order valence-corrected chi connectivity index (χ3v) is 4.91. The number of para-hydroxylation sites is 1. The molecule has 1 heterocycles. The molecule has 0 aliphatic carbocycles. The van der Waals surface area contributed by atoms with Crippen molar-refractivity contribution in [3.8, 4) is 5.75 Å². The molecule has 0 aromatic heterocycles. The second-order valence-corrected chi connectivity index (χ2v) is 6.66. The van der Waals surface area contributed by atoms with Crippen molar-refractivity contribution < 1.29 is 27.1 Å². The first kappa shape index (κ1) is 14.5. The normalized spacial score (nSPS) is 15.6. The number of nitrogens with zero attached hydrogens (tertiary/aromatic N) is 1. The monoisotopic (exact) mass is 325 g/mol. The van der Waals surface area contributed by atoms with Crippen LogP contribution in [0.4, 0.5) is 14.5 Å². The number of hydrogen-bond donors (Lipinski definition) is 1. The van der Waals surface area contributed by atoms with Gasteiger partial charge in [-0.3, -0.25) is 9.69 Å². The zero-order valence-corrected chi connectivity index (χ0v) is 11.8. The number of sulfone groups is 1. The molecule has 2 aromatic rings. The molecular weight excluding hydrogens is 316 g/mol. The highest BCUT2D eigenvalue weighted by molar-refractivity contribution is 7.92.